The van der Waals surface area contributed by atoms with Crippen molar-refractivity contribution in [3.05, 3.63) is 46.9 Å². The highest BCUT2D eigenvalue weighted by atomic mass is 32.2. The quantitative estimate of drug-likeness (QED) is 0.876. The van der Waals surface area contributed by atoms with Gasteiger partial charge in [-0.2, -0.15) is 0 Å². The first-order valence-corrected chi connectivity index (χ1v) is 9.00. The second-order valence-corrected chi connectivity index (χ2v) is 7.62. The molecule has 0 saturated heterocycles. The van der Waals surface area contributed by atoms with E-state index in [4.69, 9.17) is 9.15 Å². The molecule has 1 aromatic heterocycles. The molecule has 23 heavy (non-hydrogen) atoms. The number of hydrogen-bond acceptors (Lipinski definition) is 4. The normalized spacial score (nSPS) is 11.9. The number of aryl methyl sites for hydroxylation is 3. The van der Waals surface area contributed by atoms with Gasteiger partial charge in [0, 0.05) is 12.1 Å². The zero-order valence-corrected chi connectivity index (χ0v) is 15.0. The van der Waals surface area contributed by atoms with Crippen molar-refractivity contribution in [2.75, 3.05) is 0 Å². The fourth-order valence-corrected chi connectivity index (χ4v) is 3.38. The number of furan rings is 1. The van der Waals surface area contributed by atoms with E-state index in [0.29, 0.717) is 5.75 Å². The Balaban J connectivity index is 2.16. The molecule has 0 aliphatic rings. The minimum atomic E-state index is -3.58. The predicted octanol–water partition coefficient (Wildman–Crippen LogP) is 3.47. The molecule has 0 fully saturated rings. The fraction of sp³-hybridized carbons (Fsp3) is 0.412. The van der Waals surface area contributed by atoms with Crippen LogP contribution in [0.3, 0.4) is 0 Å². The number of benzene rings is 1. The van der Waals surface area contributed by atoms with E-state index in [1.165, 1.54) is 0 Å². The standard InChI is InChI=1S/C17H23NO4S/c1-11(2)21-17-7-6-16(8-12(17)3)23(19,20)18-10-15-9-13(4)22-14(15)5/h6-9,11,18H,10H2,1-5H3. The van der Waals surface area contributed by atoms with Crippen LogP contribution in [0.15, 0.2) is 33.6 Å². The lowest BCUT2D eigenvalue weighted by atomic mass is 10.2. The molecule has 0 bridgehead atoms. The molecule has 1 aromatic carbocycles. The summed E-state index contributed by atoms with van der Waals surface area (Å²) >= 11 is 0. The van der Waals surface area contributed by atoms with Crippen LogP contribution in [-0.4, -0.2) is 14.5 Å². The summed E-state index contributed by atoms with van der Waals surface area (Å²) in [4.78, 5) is 0.226. The lowest BCUT2D eigenvalue weighted by Gasteiger charge is -2.13. The van der Waals surface area contributed by atoms with Crippen LogP contribution >= 0.6 is 0 Å². The largest absolute Gasteiger partial charge is 0.491 e. The molecular weight excluding hydrogens is 314 g/mol. The van der Waals surface area contributed by atoms with Crippen molar-refractivity contribution in [2.45, 2.75) is 52.2 Å². The first kappa shape index (κ1) is 17.6. The lowest BCUT2D eigenvalue weighted by molar-refractivity contribution is 0.240. The highest BCUT2D eigenvalue weighted by Crippen LogP contribution is 2.23. The van der Waals surface area contributed by atoms with E-state index in [1.807, 2.05) is 40.7 Å². The maximum absolute atomic E-state index is 12.4. The van der Waals surface area contributed by atoms with E-state index >= 15 is 0 Å². The van der Waals surface area contributed by atoms with Gasteiger partial charge in [0.05, 0.1) is 11.0 Å². The Kier molecular flexibility index (Phi) is 5.16. The molecule has 6 heteroatoms. The average molecular weight is 337 g/mol. The molecular formula is C17H23NO4S. The second-order valence-electron chi connectivity index (χ2n) is 5.86. The van der Waals surface area contributed by atoms with Crippen molar-refractivity contribution in [1.29, 1.82) is 0 Å². The summed E-state index contributed by atoms with van der Waals surface area (Å²) in [5.41, 5.74) is 1.62. The van der Waals surface area contributed by atoms with Gasteiger partial charge < -0.3 is 9.15 Å². The Morgan fingerprint density at radius 2 is 1.87 bits per heavy atom. The van der Waals surface area contributed by atoms with Crippen LogP contribution in [-0.2, 0) is 16.6 Å². The lowest BCUT2D eigenvalue weighted by Crippen LogP contribution is -2.23. The van der Waals surface area contributed by atoms with E-state index in [9.17, 15) is 8.42 Å². The molecule has 0 saturated carbocycles. The van der Waals surface area contributed by atoms with E-state index in [-0.39, 0.29) is 17.5 Å². The van der Waals surface area contributed by atoms with Crippen LogP contribution in [0.1, 0.15) is 36.5 Å². The number of ether oxygens (including phenoxy) is 1. The molecule has 0 atom stereocenters. The summed E-state index contributed by atoms with van der Waals surface area (Å²) in [5.74, 6) is 2.19. The van der Waals surface area contributed by atoms with Gasteiger partial charge in [-0.25, -0.2) is 13.1 Å². The molecule has 0 unspecified atom stereocenters. The van der Waals surface area contributed by atoms with Crippen molar-refractivity contribution < 1.29 is 17.6 Å². The Morgan fingerprint density at radius 3 is 2.39 bits per heavy atom. The van der Waals surface area contributed by atoms with E-state index < -0.39 is 10.0 Å². The maximum atomic E-state index is 12.4. The van der Waals surface area contributed by atoms with Gasteiger partial charge in [0.1, 0.15) is 17.3 Å². The van der Waals surface area contributed by atoms with Gasteiger partial charge in [-0.1, -0.05) is 0 Å². The molecule has 1 heterocycles. The van der Waals surface area contributed by atoms with Gasteiger partial charge in [0.25, 0.3) is 0 Å². The predicted molar refractivity (Wildman–Crippen MR) is 89.2 cm³/mol. The van der Waals surface area contributed by atoms with Crippen molar-refractivity contribution in [1.82, 2.24) is 4.72 Å². The third-order valence-corrected chi connectivity index (χ3v) is 4.81. The second kappa shape index (κ2) is 6.76. The summed E-state index contributed by atoms with van der Waals surface area (Å²) < 4.78 is 38.5. The summed E-state index contributed by atoms with van der Waals surface area (Å²) in [6.45, 7) is 9.55. The molecule has 0 aliphatic heterocycles. The minimum absolute atomic E-state index is 0.0431. The topological polar surface area (TPSA) is 68.5 Å². The zero-order chi connectivity index (χ0) is 17.2. The van der Waals surface area contributed by atoms with Gasteiger partial charge >= 0.3 is 0 Å². The van der Waals surface area contributed by atoms with Crippen molar-refractivity contribution in [3.8, 4) is 5.75 Å². The van der Waals surface area contributed by atoms with Crippen LogP contribution in [0.5, 0.6) is 5.75 Å². The molecule has 2 aromatic rings. The van der Waals surface area contributed by atoms with Crippen molar-refractivity contribution in [3.63, 3.8) is 0 Å². The SMILES string of the molecule is Cc1cc(CNS(=O)(=O)c2ccc(OC(C)C)c(C)c2)c(C)o1. The third-order valence-electron chi connectivity index (χ3n) is 3.42. The zero-order valence-electron chi connectivity index (χ0n) is 14.1. The Hall–Kier alpha value is -1.79. The van der Waals surface area contributed by atoms with Gasteiger partial charge in [-0.05, 0) is 64.4 Å². The van der Waals surface area contributed by atoms with Gasteiger partial charge in [0.15, 0.2) is 0 Å². The molecule has 0 aliphatic carbocycles. The minimum Gasteiger partial charge on any atom is -0.491 e. The van der Waals surface area contributed by atoms with Gasteiger partial charge in [-0.3, -0.25) is 0 Å². The van der Waals surface area contributed by atoms with Crippen LogP contribution in [0.2, 0.25) is 0 Å². The molecule has 0 spiro atoms. The summed E-state index contributed by atoms with van der Waals surface area (Å²) in [6.07, 6.45) is 0.0431. The molecule has 0 radical (unpaired) electrons. The van der Waals surface area contributed by atoms with Crippen molar-refractivity contribution in [2.24, 2.45) is 0 Å². The smallest absolute Gasteiger partial charge is 0.240 e. The monoisotopic (exact) mass is 337 g/mol. The molecule has 1 N–H and O–H groups in total. The molecule has 0 amide bonds. The van der Waals surface area contributed by atoms with Crippen LogP contribution in [0.25, 0.3) is 0 Å². The van der Waals surface area contributed by atoms with Crippen LogP contribution in [0, 0.1) is 20.8 Å². The first-order valence-electron chi connectivity index (χ1n) is 7.52. The summed E-state index contributed by atoms with van der Waals surface area (Å²) in [7, 11) is -3.58. The van der Waals surface area contributed by atoms with Gasteiger partial charge in [0.2, 0.25) is 10.0 Å². The fourth-order valence-electron chi connectivity index (χ4n) is 2.29. The molecule has 2 rings (SSSR count). The summed E-state index contributed by atoms with van der Waals surface area (Å²) in [5, 5.41) is 0. The Bertz CT molecular complexity index is 791. The highest BCUT2D eigenvalue weighted by molar-refractivity contribution is 7.89. The third kappa shape index (κ3) is 4.36. The summed E-state index contributed by atoms with van der Waals surface area (Å²) in [6, 6.07) is 6.70. The van der Waals surface area contributed by atoms with Crippen LogP contribution in [0.4, 0.5) is 0 Å². The van der Waals surface area contributed by atoms with E-state index in [2.05, 4.69) is 4.72 Å². The van der Waals surface area contributed by atoms with E-state index in [1.54, 1.807) is 18.2 Å². The number of hydrogen-bond donors (Lipinski definition) is 1. The highest BCUT2D eigenvalue weighted by Gasteiger charge is 2.17. The maximum Gasteiger partial charge on any atom is 0.240 e. The molecule has 5 nitrogen and oxygen atoms in total. The molecule has 126 valence electrons. The van der Waals surface area contributed by atoms with Gasteiger partial charge in [-0.15, -0.1) is 0 Å². The number of nitrogens with one attached hydrogen (secondary N) is 1. The van der Waals surface area contributed by atoms with E-state index in [0.717, 1.165) is 22.6 Å². The number of rotatable bonds is 6. The first-order chi connectivity index (χ1) is 10.7. The average Bonchev–Trinajstić information content (AvgIpc) is 2.76. The van der Waals surface area contributed by atoms with Crippen LogP contribution < -0.4 is 9.46 Å². The van der Waals surface area contributed by atoms with Crippen molar-refractivity contribution >= 4 is 10.0 Å². The Morgan fingerprint density at radius 1 is 1.17 bits per heavy atom. The Labute approximate surface area is 137 Å². The number of sulfonamides is 1.